The number of aromatic amines is 1. The number of carbonyl (C=O) groups is 2. The minimum Gasteiger partial charge on any atom is -0.495 e. The first-order valence-corrected chi connectivity index (χ1v) is 11.7. The predicted octanol–water partition coefficient (Wildman–Crippen LogP) is 2.64. The predicted molar refractivity (Wildman–Crippen MR) is 121 cm³/mol. The molecule has 0 atom stereocenters. The summed E-state index contributed by atoms with van der Waals surface area (Å²) in [5, 5.41) is 5.26. The van der Waals surface area contributed by atoms with E-state index in [2.05, 4.69) is 15.6 Å². The number of amides is 2. The number of H-pyrrole nitrogens is 1. The molecule has 0 spiro atoms. The Labute approximate surface area is 192 Å². The number of hydrogen-bond donors (Lipinski definition) is 3. The van der Waals surface area contributed by atoms with Gasteiger partial charge >= 0.3 is 6.09 Å². The van der Waals surface area contributed by atoms with Gasteiger partial charge in [-0.3, -0.25) is 10.1 Å². The molecule has 2 heterocycles. The van der Waals surface area contributed by atoms with E-state index in [9.17, 15) is 18.0 Å². The summed E-state index contributed by atoms with van der Waals surface area (Å²) in [5.41, 5.74) is 0.0423. The van der Waals surface area contributed by atoms with Gasteiger partial charge in [-0.2, -0.15) is 4.31 Å². The highest BCUT2D eigenvalue weighted by Crippen LogP contribution is 2.29. The van der Waals surface area contributed by atoms with Gasteiger partial charge in [0.15, 0.2) is 0 Å². The number of anilines is 2. The number of sulfonamides is 1. The van der Waals surface area contributed by atoms with Gasteiger partial charge in [-0.25, -0.2) is 13.2 Å². The van der Waals surface area contributed by atoms with Gasteiger partial charge < -0.3 is 24.5 Å². The Balaban J connectivity index is 1.73. The molecular formula is C21H28N4O7S. The van der Waals surface area contributed by atoms with Crippen LogP contribution in [0.15, 0.2) is 35.4 Å². The molecule has 1 saturated heterocycles. The lowest BCUT2D eigenvalue weighted by molar-refractivity contribution is 0.0635. The van der Waals surface area contributed by atoms with E-state index in [0.717, 1.165) is 0 Å². The molecule has 3 N–H and O–H groups in total. The number of carbonyl (C=O) groups excluding carboxylic acids is 2. The molecule has 0 saturated carbocycles. The maximum Gasteiger partial charge on any atom is 0.412 e. The van der Waals surface area contributed by atoms with Crippen LogP contribution in [0.5, 0.6) is 5.75 Å². The van der Waals surface area contributed by atoms with Gasteiger partial charge in [0.1, 0.15) is 21.9 Å². The van der Waals surface area contributed by atoms with Gasteiger partial charge in [0.05, 0.1) is 26.0 Å². The van der Waals surface area contributed by atoms with E-state index < -0.39 is 27.6 Å². The third kappa shape index (κ3) is 6.24. The number of hydrogen-bond acceptors (Lipinski definition) is 7. The molecule has 0 aliphatic carbocycles. The van der Waals surface area contributed by atoms with Crippen LogP contribution in [0.1, 0.15) is 31.3 Å². The molecule has 2 aromatic rings. The monoisotopic (exact) mass is 480 g/mol. The van der Waals surface area contributed by atoms with Gasteiger partial charge in [-0.05, 0) is 45.0 Å². The van der Waals surface area contributed by atoms with Crippen LogP contribution in [-0.2, 0) is 19.5 Å². The highest BCUT2D eigenvalue weighted by atomic mass is 32.2. The SMILES string of the molecule is COc1ccc(NC(=O)c2cc(S(=O)(=O)N3CCOCC3)c[nH]2)cc1NC(=O)OC(C)(C)C. The number of morpholine rings is 1. The summed E-state index contributed by atoms with van der Waals surface area (Å²) in [5.74, 6) is -0.176. The summed E-state index contributed by atoms with van der Waals surface area (Å²) >= 11 is 0. The molecule has 0 bridgehead atoms. The fourth-order valence-electron chi connectivity index (χ4n) is 3.09. The molecule has 1 aliphatic heterocycles. The summed E-state index contributed by atoms with van der Waals surface area (Å²) in [6.07, 6.45) is 0.607. The van der Waals surface area contributed by atoms with Gasteiger partial charge in [0.25, 0.3) is 5.91 Å². The number of rotatable bonds is 6. The Morgan fingerprint density at radius 3 is 2.45 bits per heavy atom. The number of benzene rings is 1. The Bertz CT molecular complexity index is 1120. The van der Waals surface area contributed by atoms with Crippen molar-refractivity contribution < 1.29 is 32.2 Å². The van der Waals surface area contributed by atoms with Crippen molar-refractivity contribution in [2.45, 2.75) is 31.3 Å². The molecule has 2 amide bonds. The van der Waals surface area contributed by atoms with E-state index >= 15 is 0 Å². The second kappa shape index (κ2) is 9.81. The zero-order chi connectivity index (χ0) is 24.2. The number of ether oxygens (including phenoxy) is 3. The second-order valence-electron chi connectivity index (χ2n) is 8.26. The average molecular weight is 481 g/mol. The minimum absolute atomic E-state index is 0.00318. The maximum absolute atomic E-state index is 12.8. The zero-order valence-electron chi connectivity index (χ0n) is 18.9. The van der Waals surface area contributed by atoms with Gasteiger partial charge in [0.2, 0.25) is 10.0 Å². The summed E-state index contributed by atoms with van der Waals surface area (Å²) in [7, 11) is -2.28. The molecule has 12 heteroatoms. The fourth-order valence-corrected chi connectivity index (χ4v) is 4.49. The highest BCUT2D eigenvalue weighted by molar-refractivity contribution is 7.89. The first-order valence-electron chi connectivity index (χ1n) is 10.3. The largest absolute Gasteiger partial charge is 0.495 e. The Hall–Kier alpha value is -3.09. The lowest BCUT2D eigenvalue weighted by Crippen LogP contribution is -2.40. The molecule has 33 heavy (non-hydrogen) atoms. The van der Waals surface area contributed by atoms with Crippen molar-refractivity contribution in [3.63, 3.8) is 0 Å². The lowest BCUT2D eigenvalue weighted by atomic mass is 10.2. The first-order chi connectivity index (χ1) is 15.5. The summed E-state index contributed by atoms with van der Waals surface area (Å²) in [6, 6.07) is 5.95. The maximum atomic E-state index is 12.8. The number of nitrogens with one attached hydrogen (secondary N) is 3. The first kappa shape index (κ1) is 24.6. The van der Waals surface area contributed by atoms with E-state index in [0.29, 0.717) is 30.3 Å². The van der Waals surface area contributed by atoms with Crippen molar-refractivity contribution in [1.82, 2.24) is 9.29 Å². The van der Waals surface area contributed by atoms with E-state index in [1.54, 1.807) is 32.9 Å². The van der Waals surface area contributed by atoms with E-state index in [4.69, 9.17) is 14.2 Å². The van der Waals surface area contributed by atoms with E-state index in [1.165, 1.54) is 29.7 Å². The summed E-state index contributed by atoms with van der Waals surface area (Å²) in [6.45, 7) is 6.39. The van der Waals surface area contributed by atoms with Crippen LogP contribution in [0.3, 0.4) is 0 Å². The highest BCUT2D eigenvalue weighted by Gasteiger charge is 2.28. The van der Waals surface area contributed by atoms with Crippen molar-refractivity contribution in [2.24, 2.45) is 0 Å². The normalized spacial score (nSPS) is 15.0. The summed E-state index contributed by atoms with van der Waals surface area (Å²) < 4.78 is 42.5. The molecule has 11 nitrogen and oxygen atoms in total. The van der Waals surface area contributed by atoms with Crippen LogP contribution < -0.4 is 15.4 Å². The van der Waals surface area contributed by atoms with Crippen LogP contribution in [-0.4, -0.2) is 68.7 Å². The van der Waals surface area contributed by atoms with Crippen LogP contribution in [0.25, 0.3) is 0 Å². The topological polar surface area (TPSA) is 139 Å². The van der Waals surface area contributed by atoms with E-state index in [-0.39, 0.29) is 23.7 Å². The van der Waals surface area contributed by atoms with Crippen molar-refractivity contribution in [2.75, 3.05) is 44.0 Å². The Morgan fingerprint density at radius 2 is 1.82 bits per heavy atom. The molecule has 1 aliphatic rings. The van der Waals surface area contributed by atoms with Crippen LogP contribution in [0.2, 0.25) is 0 Å². The van der Waals surface area contributed by atoms with Gasteiger partial charge in [0, 0.05) is 25.0 Å². The van der Waals surface area contributed by atoms with Crippen LogP contribution in [0.4, 0.5) is 16.2 Å². The average Bonchev–Trinajstić information content (AvgIpc) is 3.25. The molecular weight excluding hydrogens is 452 g/mol. The van der Waals surface area contributed by atoms with Crippen molar-refractivity contribution in [3.05, 3.63) is 36.2 Å². The molecule has 3 rings (SSSR count). The number of nitrogens with zero attached hydrogens (tertiary/aromatic N) is 1. The quantitative estimate of drug-likeness (QED) is 0.578. The Kier molecular flexibility index (Phi) is 7.30. The molecule has 0 unspecified atom stereocenters. The van der Waals surface area contributed by atoms with Crippen molar-refractivity contribution >= 4 is 33.4 Å². The van der Waals surface area contributed by atoms with Crippen LogP contribution >= 0.6 is 0 Å². The van der Waals surface area contributed by atoms with Crippen LogP contribution in [0, 0.1) is 0 Å². The van der Waals surface area contributed by atoms with Gasteiger partial charge in [-0.15, -0.1) is 0 Å². The Morgan fingerprint density at radius 1 is 1.12 bits per heavy atom. The standard InChI is InChI=1S/C21H28N4O7S/c1-21(2,3)32-20(27)24-16-11-14(5-6-18(16)30-4)23-19(26)17-12-15(13-22-17)33(28,29)25-7-9-31-10-8-25/h5-6,11-13,22H,7-10H2,1-4H3,(H,23,26)(H,24,27). The van der Waals surface area contributed by atoms with E-state index in [1.807, 2.05) is 0 Å². The molecule has 180 valence electrons. The molecule has 1 fully saturated rings. The fraction of sp³-hybridized carbons (Fsp3) is 0.429. The third-order valence-corrected chi connectivity index (χ3v) is 6.48. The number of aromatic nitrogens is 1. The molecule has 1 aromatic heterocycles. The second-order valence-corrected chi connectivity index (χ2v) is 10.2. The van der Waals surface area contributed by atoms with Crippen molar-refractivity contribution in [1.29, 1.82) is 0 Å². The third-order valence-electron chi connectivity index (χ3n) is 4.60. The smallest absolute Gasteiger partial charge is 0.412 e. The minimum atomic E-state index is -3.73. The number of methoxy groups -OCH3 is 1. The van der Waals surface area contributed by atoms with Gasteiger partial charge in [-0.1, -0.05) is 0 Å². The van der Waals surface area contributed by atoms with Crippen molar-refractivity contribution in [3.8, 4) is 5.75 Å². The molecule has 0 radical (unpaired) electrons. The zero-order valence-corrected chi connectivity index (χ0v) is 19.7. The lowest BCUT2D eigenvalue weighted by Gasteiger charge is -2.25. The summed E-state index contributed by atoms with van der Waals surface area (Å²) in [4.78, 5) is 27.5. The molecule has 1 aromatic carbocycles.